The molecule has 0 aromatic heterocycles. The van der Waals surface area contributed by atoms with Gasteiger partial charge in [0.15, 0.2) is 5.75 Å². The second-order valence-electron chi connectivity index (χ2n) is 4.36. The zero-order valence-electron chi connectivity index (χ0n) is 10.5. The number of nitrogens with one attached hydrogen (secondary N) is 1. The lowest BCUT2D eigenvalue weighted by molar-refractivity contribution is -0.385. The summed E-state index contributed by atoms with van der Waals surface area (Å²) in [6.45, 7) is 4.85. The molecule has 0 amide bonds. The highest BCUT2D eigenvalue weighted by Crippen LogP contribution is 2.32. The molecule has 0 spiro atoms. The number of nitro groups is 1. The van der Waals surface area contributed by atoms with E-state index in [1.54, 1.807) is 12.1 Å². The molecule has 1 aliphatic heterocycles. The molecule has 0 bridgehead atoms. The maximum atomic E-state index is 10.8. The van der Waals surface area contributed by atoms with Crippen molar-refractivity contribution in [1.29, 1.82) is 0 Å². The molecular weight excluding hydrogens is 234 g/mol. The maximum absolute atomic E-state index is 10.8. The largest absolute Gasteiger partial charge is 0.490 e. The highest BCUT2D eigenvalue weighted by Gasteiger charge is 2.21. The van der Waals surface area contributed by atoms with E-state index in [0.29, 0.717) is 11.8 Å². The van der Waals surface area contributed by atoms with Crippen LogP contribution in [0.1, 0.15) is 6.92 Å². The molecular formula is C12H17N3O3. The molecule has 1 heterocycles. The van der Waals surface area contributed by atoms with Crippen molar-refractivity contribution in [2.45, 2.75) is 13.0 Å². The lowest BCUT2D eigenvalue weighted by atomic mass is 10.1. The summed E-state index contributed by atoms with van der Waals surface area (Å²) in [6.07, 6.45) is 0. The number of nitrogens with zero attached hydrogens (tertiary/aromatic N) is 2. The highest BCUT2D eigenvalue weighted by atomic mass is 16.6. The van der Waals surface area contributed by atoms with Crippen molar-refractivity contribution in [3.05, 3.63) is 28.3 Å². The Morgan fingerprint density at radius 3 is 2.94 bits per heavy atom. The molecule has 0 radical (unpaired) electrons. The van der Waals surface area contributed by atoms with Gasteiger partial charge >= 0.3 is 5.69 Å². The molecule has 0 aliphatic carbocycles. The summed E-state index contributed by atoms with van der Waals surface area (Å²) in [5, 5.41) is 14.1. The van der Waals surface area contributed by atoms with E-state index in [-0.39, 0.29) is 5.69 Å². The Labute approximate surface area is 106 Å². The van der Waals surface area contributed by atoms with Gasteiger partial charge in [-0.15, -0.1) is 0 Å². The van der Waals surface area contributed by atoms with E-state index < -0.39 is 4.92 Å². The van der Waals surface area contributed by atoms with Gasteiger partial charge < -0.3 is 15.0 Å². The minimum atomic E-state index is -0.427. The van der Waals surface area contributed by atoms with Gasteiger partial charge in [-0.05, 0) is 13.0 Å². The van der Waals surface area contributed by atoms with Gasteiger partial charge in [-0.3, -0.25) is 10.1 Å². The van der Waals surface area contributed by atoms with Crippen LogP contribution in [0, 0.1) is 10.1 Å². The molecule has 1 atom stereocenters. The molecule has 0 saturated carbocycles. The Kier molecular flexibility index (Phi) is 3.66. The highest BCUT2D eigenvalue weighted by molar-refractivity contribution is 5.59. The number of piperazine rings is 1. The molecule has 2 rings (SSSR count). The van der Waals surface area contributed by atoms with Crippen LogP contribution < -0.4 is 15.0 Å². The van der Waals surface area contributed by atoms with Crippen LogP contribution in [0.5, 0.6) is 5.75 Å². The number of anilines is 1. The molecule has 6 heteroatoms. The summed E-state index contributed by atoms with van der Waals surface area (Å²) in [7, 11) is 1.45. The van der Waals surface area contributed by atoms with Crippen molar-refractivity contribution in [3.8, 4) is 5.75 Å². The van der Waals surface area contributed by atoms with E-state index in [0.717, 1.165) is 25.3 Å². The molecule has 1 saturated heterocycles. The van der Waals surface area contributed by atoms with Gasteiger partial charge in [-0.2, -0.15) is 0 Å². The molecule has 1 aromatic rings. The zero-order chi connectivity index (χ0) is 13.1. The first-order valence-corrected chi connectivity index (χ1v) is 5.93. The van der Waals surface area contributed by atoms with Gasteiger partial charge in [0.2, 0.25) is 0 Å². The summed E-state index contributed by atoms with van der Waals surface area (Å²) in [5.41, 5.74) is 0.968. The predicted molar refractivity (Wildman–Crippen MR) is 69.3 cm³/mol. The van der Waals surface area contributed by atoms with Crippen LogP contribution in [0.3, 0.4) is 0 Å². The number of hydrogen-bond donors (Lipinski definition) is 1. The van der Waals surface area contributed by atoms with Gasteiger partial charge in [-0.1, -0.05) is 0 Å². The molecule has 6 nitrogen and oxygen atoms in total. The fourth-order valence-electron chi connectivity index (χ4n) is 2.22. The number of hydrogen-bond acceptors (Lipinski definition) is 5. The summed E-state index contributed by atoms with van der Waals surface area (Å²) < 4.78 is 5.09. The molecule has 1 aromatic carbocycles. The Balaban J connectivity index is 2.31. The third-order valence-corrected chi connectivity index (χ3v) is 3.19. The van der Waals surface area contributed by atoms with Gasteiger partial charge in [0, 0.05) is 43.5 Å². The average molecular weight is 251 g/mol. The molecule has 0 unspecified atom stereocenters. The summed E-state index contributed by atoms with van der Waals surface area (Å²) in [6, 6.07) is 5.38. The van der Waals surface area contributed by atoms with E-state index in [2.05, 4.69) is 17.1 Å². The Hall–Kier alpha value is -1.82. The lowest BCUT2D eigenvalue weighted by Crippen LogP contribution is -2.49. The third kappa shape index (κ3) is 2.38. The topological polar surface area (TPSA) is 67.6 Å². The van der Waals surface area contributed by atoms with Crippen LogP contribution in [0.2, 0.25) is 0 Å². The molecule has 1 fully saturated rings. The average Bonchev–Trinajstić information content (AvgIpc) is 2.38. The number of rotatable bonds is 3. The van der Waals surface area contributed by atoms with Gasteiger partial charge in [0.25, 0.3) is 0 Å². The predicted octanol–water partition coefficient (Wildman–Crippen LogP) is 1.40. The normalized spacial score (nSPS) is 19.7. The summed E-state index contributed by atoms with van der Waals surface area (Å²) in [5.74, 6) is 0.309. The standard InChI is InChI=1S/C12H17N3O3/c1-9-8-13-5-6-14(9)10-3-4-11(15(16)17)12(7-10)18-2/h3-4,7,9,13H,5-6,8H2,1-2H3/t9-/m1/s1. The van der Waals surface area contributed by atoms with Crippen LogP contribution in [-0.2, 0) is 0 Å². The minimum Gasteiger partial charge on any atom is -0.490 e. The van der Waals surface area contributed by atoms with Gasteiger partial charge in [0.1, 0.15) is 0 Å². The molecule has 1 aliphatic rings. The smallest absolute Gasteiger partial charge is 0.311 e. The van der Waals surface area contributed by atoms with Gasteiger partial charge in [-0.25, -0.2) is 0 Å². The Bertz CT molecular complexity index is 450. The first-order chi connectivity index (χ1) is 8.63. The Morgan fingerprint density at radius 1 is 1.56 bits per heavy atom. The quantitative estimate of drug-likeness (QED) is 0.649. The Morgan fingerprint density at radius 2 is 2.33 bits per heavy atom. The minimum absolute atomic E-state index is 0.00374. The third-order valence-electron chi connectivity index (χ3n) is 3.19. The van der Waals surface area contributed by atoms with Crippen molar-refractivity contribution in [2.24, 2.45) is 0 Å². The van der Waals surface area contributed by atoms with Crippen LogP contribution in [0.4, 0.5) is 11.4 Å². The fraction of sp³-hybridized carbons (Fsp3) is 0.500. The fourth-order valence-corrected chi connectivity index (χ4v) is 2.22. The maximum Gasteiger partial charge on any atom is 0.311 e. The van der Waals surface area contributed by atoms with Crippen LogP contribution in [0.25, 0.3) is 0 Å². The van der Waals surface area contributed by atoms with Crippen molar-refractivity contribution in [3.63, 3.8) is 0 Å². The number of benzene rings is 1. The first kappa shape index (κ1) is 12.6. The first-order valence-electron chi connectivity index (χ1n) is 5.93. The van der Waals surface area contributed by atoms with E-state index in [4.69, 9.17) is 4.74 Å². The number of nitro benzene ring substituents is 1. The zero-order valence-corrected chi connectivity index (χ0v) is 10.5. The SMILES string of the molecule is COc1cc(N2CCNC[C@H]2C)ccc1[N+](=O)[O-]. The molecule has 98 valence electrons. The van der Waals surface area contributed by atoms with Crippen molar-refractivity contribution in [1.82, 2.24) is 5.32 Å². The second-order valence-corrected chi connectivity index (χ2v) is 4.36. The van der Waals surface area contributed by atoms with E-state index in [1.165, 1.54) is 13.2 Å². The number of methoxy groups -OCH3 is 1. The van der Waals surface area contributed by atoms with E-state index in [9.17, 15) is 10.1 Å². The lowest BCUT2D eigenvalue weighted by Gasteiger charge is -2.35. The van der Waals surface area contributed by atoms with Crippen molar-refractivity contribution >= 4 is 11.4 Å². The van der Waals surface area contributed by atoms with Crippen LogP contribution in [-0.4, -0.2) is 37.7 Å². The summed E-state index contributed by atoms with van der Waals surface area (Å²) in [4.78, 5) is 12.6. The second kappa shape index (κ2) is 5.22. The van der Waals surface area contributed by atoms with Crippen molar-refractivity contribution < 1.29 is 9.66 Å². The van der Waals surface area contributed by atoms with E-state index >= 15 is 0 Å². The number of ether oxygens (including phenoxy) is 1. The van der Waals surface area contributed by atoms with Crippen LogP contribution >= 0.6 is 0 Å². The monoisotopic (exact) mass is 251 g/mol. The van der Waals surface area contributed by atoms with Gasteiger partial charge in [0.05, 0.1) is 12.0 Å². The molecule has 18 heavy (non-hydrogen) atoms. The summed E-state index contributed by atoms with van der Waals surface area (Å²) >= 11 is 0. The van der Waals surface area contributed by atoms with E-state index in [1.807, 2.05) is 0 Å². The van der Waals surface area contributed by atoms with Crippen molar-refractivity contribution in [2.75, 3.05) is 31.6 Å². The van der Waals surface area contributed by atoms with Crippen LogP contribution in [0.15, 0.2) is 18.2 Å². The molecule has 1 N–H and O–H groups in total.